The molecule has 0 spiro atoms. The van der Waals surface area contributed by atoms with Crippen molar-refractivity contribution < 1.29 is 14.3 Å². The maximum atomic E-state index is 13.3. The molecule has 1 aliphatic heterocycles. The van der Waals surface area contributed by atoms with Gasteiger partial charge in [0, 0.05) is 18.0 Å². The van der Waals surface area contributed by atoms with Crippen LogP contribution in [0.1, 0.15) is 50.5 Å². The van der Waals surface area contributed by atoms with Gasteiger partial charge in [0.1, 0.15) is 5.75 Å². The summed E-state index contributed by atoms with van der Waals surface area (Å²) in [6.07, 6.45) is 1.66. The summed E-state index contributed by atoms with van der Waals surface area (Å²) in [5.41, 5.74) is 3.76. The Kier molecular flexibility index (Phi) is 4.69. The third kappa shape index (κ3) is 3.17. The molecular weight excluding hydrogens is 354 g/mol. The molecule has 0 radical (unpaired) electrons. The van der Waals surface area contributed by atoms with Crippen LogP contribution in [0.25, 0.3) is 0 Å². The maximum absolute atomic E-state index is 13.3. The van der Waals surface area contributed by atoms with E-state index in [-0.39, 0.29) is 17.6 Å². The number of ketones is 1. The van der Waals surface area contributed by atoms with Crippen LogP contribution < -0.4 is 4.74 Å². The molecule has 1 N–H and O–H groups in total. The topological polar surface area (TPSA) is 75.3 Å². The highest BCUT2D eigenvalue weighted by Crippen LogP contribution is 2.33. The molecule has 0 fully saturated rings. The van der Waals surface area contributed by atoms with Crippen LogP contribution in [0, 0.1) is 0 Å². The average molecular weight is 375 g/mol. The third-order valence-electron chi connectivity index (χ3n) is 5.15. The molecule has 0 saturated heterocycles. The average Bonchev–Trinajstić information content (AvgIpc) is 3.21. The number of nitrogens with zero attached hydrogens (tertiary/aromatic N) is 2. The minimum Gasteiger partial charge on any atom is -0.497 e. The van der Waals surface area contributed by atoms with Crippen LogP contribution in [-0.2, 0) is 6.54 Å². The SMILES string of the molecule is COc1cccc(C2CN(C(=O)c3ccccc3C(C)=O)Cc3[nH]cnc32)c1. The Labute approximate surface area is 163 Å². The van der Waals surface area contributed by atoms with Crippen molar-refractivity contribution in [3.05, 3.63) is 82.9 Å². The quantitative estimate of drug-likeness (QED) is 0.709. The molecule has 3 aromatic rings. The number of ether oxygens (including phenoxy) is 1. The van der Waals surface area contributed by atoms with Gasteiger partial charge in [0.05, 0.1) is 36.9 Å². The summed E-state index contributed by atoms with van der Waals surface area (Å²) in [5.74, 6) is 0.421. The van der Waals surface area contributed by atoms with E-state index in [1.165, 1.54) is 6.92 Å². The normalized spacial score (nSPS) is 15.8. The minimum atomic E-state index is -0.154. The zero-order valence-electron chi connectivity index (χ0n) is 15.8. The Balaban J connectivity index is 1.71. The lowest BCUT2D eigenvalue weighted by molar-refractivity contribution is 0.0717. The van der Waals surface area contributed by atoms with Gasteiger partial charge in [-0.2, -0.15) is 0 Å². The number of Topliss-reactive ketones (excluding diaryl/α,β-unsaturated/α-hetero) is 1. The van der Waals surface area contributed by atoms with E-state index in [4.69, 9.17) is 4.74 Å². The lowest BCUT2D eigenvalue weighted by atomic mass is 9.90. The molecule has 4 rings (SSSR count). The molecule has 0 saturated carbocycles. The highest BCUT2D eigenvalue weighted by atomic mass is 16.5. The standard InChI is InChI=1S/C22H21N3O3/c1-14(26)17-8-3-4-9-18(17)22(27)25-11-19(21-20(12-25)23-13-24-21)15-6-5-7-16(10-15)28-2/h3-10,13,19H,11-12H2,1-2H3,(H,23,24). The number of carbonyl (C=O) groups is 2. The number of benzene rings is 2. The van der Waals surface area contributed by atoms with Gasteiger partial charge in [-0.3, -0.25) is 9.59 Å². The van der Waals surface area contributed by atoms with Gasteiger partial charge in [0.2, 0.25) is 0 Å². The molecule has 1 aliphatic rings. The molecule has 28 heavy (non-hydrogen) atoms. The van der Waals surface area contributed by atoms with Crippen molar-refractivity contribution in [3.63, 3.8) is 0 Å². The van der Waals surface area contributed by atoms with E-state index in [0.717, 1.165) is 22.7 Å². The van der Waals surface area contributed by atoms with Crippen LogP contribution >= 0.6 is 0 Å². The molecule has 1 unspecified atom stereocenters. The third-order valence-corrected chi connectivity index (χ3v) is 5.15. The van der Waals surface area contributed by atoms with Gasteiger partial charge in [-0.1, -0.05) is 30.3 Å². The molecule has 2 aromatic carbocycles. The lowest BCUT2D eigenvalue weighted by Crippen LogP contribution is -2.39. The second-order valence-electron chi connectivity index (χ2n) is 6.88. The van der Waals surface area contributed by atoms with E-state index in [1.807, 2.05) is 24.3 Å². The van der Waals surface area contributed by atoms with E-state index in [2.05, 4.69) is 9.97 Å². The van der Waals surface area contributed by atoms with Crippen molar-refractivity contribution in [3.8, 4) is 5.75 Å². The Morgan fingerprint density at radius 2 is 1.93 bits per heavy atom. The van der Waals surface area contributed by atoms with Crippen LogP contribution in [0.4, 0.5) is 0 Å². The highest BCUT2D eigenvalue weighted by molar-refractivity contribution is 6.07. The molecule has 142 valence electrons. The first-order valence-electron chi connectivity index (χ1n) is 9.14. The Bertz CT molecular complexity index is 1040. The zero-order chi connectivity index (χ0) is 19.7. The number of hydrogen-bond acceptors (Lipinski definition) is 4. The molecule has 0 aliphatic carbocycles. The van der Waals surface area contributed by atoms with Crippen molar-refractivity contribution in [2.75, 3.05) is 13.7 Å². The molecule has 6 nitrogen and oxygen atoms in total. The summed E-state index contributed by atoms with van der Waals surface area (Å²) in [6, 6.07) is 14.8. The summed E-state index contributed by atoms with van der Waals surface area (Å²) in [5, 5.41) is 0. The summed E-state index contributed by atoms with van der Waals surface area (Å²) in [6.45, 7) is 2.39. The number of imidazole rings is 1. The van der Waals surface area contributed by atoms with Crippen LogP contribution in [0.2, 0.25) is 0 Å². The number of aromatic amines is 1. The first-order chi connectivity index (χ1) is 13.6. The molecule has 1 atom stereocenters. The van der Waals surface area contributed by atoms with Gasteiger partial charge < -0.3 is 14.6 Å². The van der Waals surface area contributed by atoms with Gasteiger partial charge in [0.15, 0.2) is 5.78 Å². The number of fused-ring (bicyclic) bond motifs is 1. The monoisotopic (exact) mass is 375 g/mol. The summed E-state index contributed by atoms with van der Waals surface area (Å²) in [4.78, 5) is 34.7. The number of aromatic nitrogens is 2. The van der Waals surface area contributed by atoms with Crippen LogP contribution in [0.15, 0.2) is 54.9 Å². The second kappa shape index (κ2) is 7.31. The second-order valence-corrected chi connectivity index (χ2v) is 6.88. The number of nitrogens with one attached hydrogen (secondary N) is 1. The number of hydrogen-bond donors (Lipinski definition) is 1. The van der Waals surface area contributed by atoms with Crippen LogP contribution in [-0.4, -0.2) is 40.2 Å². The maximum Gasteiger partial charge on any atom is 0.254 e. The molecule has 1 aromatic heterocycles. The fraction of sp³-hybridized carbons (Fsp3) is 0.227. The number of H-pyrrole nitrogens is 1. The number of carbonyl (C=O) groups excluding carboxylic acids is 2. The summed E-state index contributed by atoms with van der Waals surface area (Å²) < 4.78 is 5.35. The Morgan fingerprint density at radius 3 is 2.68 bits per heavy atom. The number of methoxy groups -OCH3 is 1. The minimum absolute atomic E-state index is 0.0708. The van der Waals surface area contributed by atoms with Crippen molar-refractivity contribution in [2.45, 2.75) is 19.4 Å². The van der Waals surface area contributed by atoms with Gasteiger partial charge in [0.25, 0.3) is 5.91 Å². The lowest BCUT2D eigenvalue weighted by Gasteiger charge is -2.32. The van der Waals surface area contributed by atoms with E-state index in [9.17, 15) is 9.59 Å². The van der Waals surface area contributed by atoms with Crippen LogP contribution in [0.3, 0.4) is 0 Å². The van der Waals surface area contributed by atoms with Crippen molar-refractivity contribution in [2.24, 2.45) is 0 Å². The van der Waals surface area contributed by atoms with E-state index < -0.39 is 0 Å². The van der Waals surface area contributed by atoms with Gasteiger partial charge in [-0.15, -0.1) is 0 Å². The number of amides is 1. The van der Waals surface area contributed by atoms with Crippen molar-refractivity contribution in [1.29, 1.82) is 0 Å². The molecular formula is C22H21N3O3. The van der Waals surface area contributed by atoms with E-state index in [0.29, 0.717) is 24.2 Å². The van der Waals surface area contributed by atoms with Gasteiger partial charge in [-0.05, 0) is 30.7 Å². The molecule has 6 heteroatoms. The zero-order valence-corrected chi connectivity index (χ0v) is 15.8. The molecule has 1 amide bonds. The largest absolute Gasteiger partial charge is 0.497 e. The van der Waals surface area contributed by atoms with E-state index >= 15 is 0 Å². The summed E-state index contributed by atoms with van der Waals surface area (Å²) in [7, 11) is 1.63. The van der Waals surface area contributed by atoms with Crippen molar-refractivity contribution >= 4 is 11.7 Å². The predicted octanol–water partition coefficient (Wildman–Crippen LogP) is 3.41. The summed E-state index contributed by atoms with van der Waals surface area (Å²) >= 11 is 0. The predicted molar refractivity (Wildman–Crippen MR) is 105 cm³/mol. The fourth-order valence-electron chi connectivity index (χ4n) is 3.74. The van der Waals surface area contributed by atoms with Crippen LogP contribution in [0.5, 0.6) is 5.75 Å². The molecule has 2 heterocycles. The fourth-order valence-corrected chi connectivity index (χ4v) is 3.74. The van der Waals surface area contributed by atoms with Gasteiger partial charge >= 0.3 is 0 Å². The first-order valence-corrected chi connectivity index (χ1v) is 9.14. The smallest absolute Gasteiger partial charge is 0.254 e. The number of rotatable bonds is 4. The van der Waals surface area contributed by atoms with Crippen molar-refractivity contribution in [1.82, 2.24) is 14.9 Å². The first kappa shape index (κ1) is 18.0. The Hall–Kier alpha value is -3.41. The molecule has 0 bridgehead atoms. The van der Waals surface area contributed by atoms with Gasteiger partial charge in [-0.25, -0.2) is 4.98 Å². The highest BCUT2D eigenvalue weighted by Gasteiger charge is 2.32. The Morgan fingerprint density at radius 1 is 1.14 bits per heavy atom. The van der Waals surface area contributed by atoms with E-state index in [1.54, 1.807) is 42.6 Å².